The fraction of sp³-hybridized carbons (Fsp3) is 0.143. The Kier molecular flexibility index (Phi) is 4.18. The molecule has 0 heterocycles. The van der Waals surface area contributed by atoms with Gasteiger partial charge < -0.3 is 5.73 Å². The molecule has 0 unspecified atom stereocenters. The third kappa shape index (κ3) is 3.08. The van der Waals surface area contributed by atoms with Crippen molar-refractivity contribution in [2.24, 2.45) is 5.73 Å². The lowest BCUT2D eigenvalue weighted by molar-refractivity contribution is 0.602. The first-order valence-corrected chi connectivity index (χ1v) is 6.33. The minimum absolute atomic E-state index is 0.181. The third-order valence-electron chi connectivity index (χ3n) is 2.44. The number of hydrogen-bond acceptors (Lipinski definition) is 2. The van der Waals surface area contributed by atoms with Gasteiger partial charge in [0.1, 0.15) is 5.82 Å². The Balaban J connectivity index is 2.27. The average molecular weight is 247 g/mol. The Morgan fingerprint density at radius 3 is 2.29 bits per heavy atom. The highest BCUT2D eigenvalue weighted by Crippen LogP contribution is 2.32. The molecule has 1 nitrogen and oxygen atoms in total. The predicted octanol–water partition coefficient (Wildman–Crippen LogP) is 3.48. The molecule has 0 spiro atoms. The molecule has 2 rings (SSSR count). The molecule has 0 aromatic heterocycles. The second-order valence-electron chi connectivity index (χ2n) is 3.68. The molecule has 3 heteroatoms. The van der Waals surface area contributed by atoms with Crippen molar-refractivity contribution in [1.29, 1.82) is 0 Å². The van der Waals surface area contributed by atoms with E-state index in [-0.39, 0.29) is 5.82 Å². The topological polar surface area (TPSA) is 26.0 Å². The van der Waals surface area contributed by atoms with Gasteiger partial charge in [-0.25, -0.2) is 4.39 Å². The number of halogens is 1. The van der Waals surface area contributed by atoms with Crippen molar-refractivity contribution in [2.45, 2.75) is 16.2 Å². The second kappa shape index (κ2) is 5.84. The summed E-state index contributed by atoms with van der Waals surface area (Å²) in [7, 11) is 0. The molecule has 0 fully saturated rings. The smallest absolute Gasteiger partial charge is 0.137 e. The van der Waals surface area contributed by atoms with Gasteiger partial charge in [0.15, 0.2) is 0 Å². The first kappa shape index (κ1) is 12.1. The van der Waals surface area contributed by atoms with Crippen molar-refractivity contribution in [2.75, 3.05) is 6.54 Å². The fourth-order valence-corrected chi connectivity index (χ4v) is 2.61. The maximum absolute atomic E-state index is 13.5. The Labute approximate surface area is 105 Å². The van der Waals surface area contributed by atoms with Crippen LogP contribution in [0, 0.1) is 5.82 Å². The molecule has 0 amide bonds. The summed E-state index contributed by atoms with van der Waals surface area (Å²) in [6.45, 7) is 0.606. The Bertz CT molecular complexity index is 499. The van der Waals surface area contributed by atoms with Crippen molar-refractivity contribution < 1.29 is 4.39 Å². The predicted molar refractivity (Wildman–Crippen MR) is 69.7 cm³/mol. The van der Waals surface area contributed by atoms with E-state index in [1.807, 2.05) is 30.3 Å². The summed E-state index contributed by atoms with van der Waals surface area (Å²) in [5.41, 5.74) is 6.74. The summed E-state index contributed by atoms with van der Waals surface area (Å²) < 4.78 is 13.5. The summed E-state index contributed by atoms with van der Waals surface area (Å²) in [4.78, 5) is 1.72. The van der Waals surface area contributed by atoms with Crippen molar-refractivity contribution in [3.8, 4) is 0 Å². The van der Waals surface area contributed by atoms with Crippen LogP contribution in [0.5, 0.6) is 0 Å². The van der Waals surface area contributed by atoms with Crippen LogP contribution < -0.4 is 5.73 Å². The first-order chi connectivity index (χ1) is 8.31. The molecule has 2 aromatic rings. The van der Waals surface area contributed by atoms with Gasteiger partial charge in [-0.05, 0) is 36.7 Å². The van der Waals surface area contributed by atoms with Crippen LogP contribution in [-0.2, 0) is 6.42 Å². The molecule has 0 atom stereocenters. The fourth-order valence-electron chi connectivity index (χ4n) is 1.61. The van der Waals surface area contributed by atoms with E-state index >= 15 is 0 Å². The molecule has 2 aromatic carbocycles. The Morgan fingerprint density at radius 1 is 0.941 bits per heavy atom. The van der Waals surface area contributed by atoms with Gasteiger partial charge in [0.25, 0.3) is 0 Å². The van der Waals surface area contributed by atoms with E-state index in [9.17, 15) is 4.39 Å². The summed E-state index contributed by atoms with van der Waals surface area (Å²) in [5.74, 6) is -0.181. The van der Waals surface area contributed by atoms with E-state index < -0.39 is 0 Å². The second-order valence-corrected chi connectivity index (χ2v) is 4.76. The van der Waals surface area contributed by atoms with Gasteiger partial charge in [0, 0.05) is 9.79 Å². The van der Waals surface area contributed by atoms with Gasteiger partial charge in [-0.1, -0.05) is 42.1 Å². The molecular formula is C14H14FNS. The molecule has 88 valence electrons. The van der Waals surface area contributed by atoms with Crippen LogP contribution in [-0.4, -0.2) is 6.54 Å². The molecule has 0 aliphatic carbocycles. The van der Waals surface area contributed by atoms with Gasteiger partial charge >= 0.3 is 0 Å². The molecular weight excluding hydrogens is 233 g/mol. The summed E-state index contributed by atoms with van der Waals surface area (Å²) in [6.07, 6.45) is 0.817. The van der Waals surface area contributed by atoms with Crippen LogP contribution in [0.4, 0.5) is 4.39 Å². The molecule has 2 N–H and O–H groups in total. The molecule has 17 heavy (non-hydrogen) atoms. The van der Waals surface area contributed by atoms with Gasteiger partial charge in [-0.3, -0.25) is 0 Å². The van der Waals surface area contributed by atoms with Crippen LogP contribution in [0.3, 0.4) is 0 Å². The number of hydrogen-bond donors (Lipinski definition) is 1. The number of benzene rings is 2. The standard InChI is InChI=1S/C14H14FNS/c15-12-6-2-4-8-14(12)17-13-7-3-1-5-11(13)9-10-16/h1-8H,9-10,16H2. The van der Waals surface area contributed by atoms with E-state index in [0.29, 0.717) is 11.4 Å². The molecule has 0 saturated carbocycles. The van der Waals surface area contributed by atoms with Crippen molar-refractivity contribution in [3.63, 3.8) is 0 Å². The largest absolute Gasteiger partial charge is 0.330 e. The lowest BCUT2D eigenvalue weighted by Crippen LogP contribution is -2.03. The SMILES string of the molecule is NCCc1ccccc1Sc1ccccc1F. The monoisotopic (exact) mass is 247 g/mol. The van der Waals surface area contributed by atoms with E-state index in [2.05, 4.69) is 0 Å². The molecule has 0 radical (unpaired) electrons. The summed E-state index contributed by atoms with van der Waals surface area (Å²) in [6, 6.07) is 14.8. The molecule has 0 saturated heterocycles. The zero-order chi connectivity index (χ0) is 12.1. The molecule has 0 bridgehead atoms. The van der Waals surface area contributed by atoms with Crippen LogP contribution in [0.2, 0.25) is 0 Å². The highest BCUT2D eigenvalue weighted by atomic mass is 32.2. The van der Waals surface area contributed by atoms with Crippen LogP contribution >= 0.6 is 11.8 Å². The molecule has 0 aliphatic heterocycles. The Hall–Kier alpha value is -1.32. The van der Waals surface area contributed by atoms with Gasteiger partial charge in [0.05, 0.1) is 0 Å². The van der Waals surface area contributed by atoms with Crippen molar-refractivity contribution in [1.82, 2.24) is 0 Å². The number of nitrogens with two attached hydrogens (primary N) is 1. The van der Waals surface area contributed by atoms with Gasteiger partial charge in [-0.15, -0.1) is 0 Å². The molecule has 0 aliphatic rings. The maximum Gasteiger partial charge on any atom is 0.137 e. The van der Waals surface area contributed by atoms with E-state index in [1.165, 1.54) is 23.4 Å². The highest BCUT2D eigenvalue weighted by molar-refractivity contribution is 7.99. The average Bonchev–Trinajstić information content (AvgIpc) is 2.35. The highest BCUT2D eigenvalue weighted by Gasteiger charge is 2.06. The normalized spacial score (nSPS) is 10.5. The third-order valence-corrected chi connectivity index (χ3v) is 3.61. The first-order valence-electron chi connectivity index (χ1n) is 5.51. The quantitative estimate of drug-likeness (QED) is 0.895. The summed E-state index contributed by atoms with van der Waals surface area (Å²) in [5, 5.41) is 0. The van der Waals surface area contributed by atoms with Crippen LogP contribution in [0.25, 0.3) is 0 Å². The maximum atomic E-state index is 13.5. The van der Waals surface area contributed by atoms with Crippen molar-refractivity contribution >= 4 is 11.8 Å². The van der Waals surface area contributed by atoms with Gasteiger partial charge in [0.2, 0.25) is 0 Å². The van der Waals surface area contributed by atoms with E-state index in [0.717, 1.165) is 11.3 Å². The zero-order valence-corrected chi connectivity index (χ0v) is 10.2. The van der Waals surface area contributed by atoms with Crippen LogP contribution in [0.1, 0.15) is 5.56 Å². The lowest BCUT2D eigenvalue weighted by atomic mass is 10.1. The van der Waals surface area contributed by atoms with Crippen LogP contribution in [0.15, 0.2) is 58.3 Å². The summed E-state index contributed by atoms with van der Waals surface area (Å²) >= 11 is 1.45. The Morgan fingerprint density at radius 2 is 1.59 bits per heavy atom. The minimum Gasteiger partial charge on any atom is -0.330 e. The lowest BCUT2D eigenvalue weighted by Gasteiger charge is -2.08. The van der Waals surface area contributed by atoms with E-state index in [1.54, 1.807) is 12.1 Å². The minimum atomic E-state index is -0.181. The van der Waals surface area contributed by atoms with Gasteiger partial charge in [-0.2, -0.15) is 0 Å². The number of rotatable bonds is 4. The van der Waals surface area contributed by atoms with Crippen molar-refractivity contribution in [3.05, 3.63) is 59.9 Å². The zero-order valence-electron chi connectivity index (χ0n) is 9.40. The van der Waals surface area contributed by atoms with E-state index in [4.69, 9.17) is 5.73 Å².